The molecule has 112 valence electrons. The van der Waals surface area contributed by atoms with Crippen molar-refractivity contribution in [2.45, 2.75) is 77.8 Å². The van der Waals surface area contributed by atoms with Crippen LogP contribution in [0.2, 0.25) is 0 Å². The number of ether oxygens (including phenoxy) is 1. The first-order valence-corrected chi connectivity index (χ1v) is 7.81. The van der Waals surface area contributed by atoms with Crippen LogP contribution in [0.5, 0.6) is 0 Å². The van der Waals surface area contributed by atoms with Crippen molar-refractivity contribution in [3.05, 3.63) is 0 Å². The maximum absolute atomic E-state index is 12.3. The molecule has 1 saturated carbocycles. The Bertz CT molecular complexity index is 290. The van der Waals surface area contributed by atoms with Gasteiger partial charge < -0.3 is 4.74 Å². The SMILES string of the molecule is CCC(C)NC1(C(=O)OC)CCCC(C(C)C)CC1. The highest BCUT2D eigenvalue weighted by molar-refractivity contribution is 5.80. The molecule has 3 unspecified atom stereocenters. The number of esters is 1. The van der Waals surface area contributed by atoms with E-state index in [4.69, 9.17) is 4.74 Å². The molecule has 1 aliphatic rings. The molecule has 3 nitrogen and oxygen atoms in total. The van der Waals surface area contributed by atoms with Crippen LogP contribution in [0.15, 0.2) is 0 Å². The van der Waals surface area contributed by atoms with E-state index in [2.05, 4.69) is 33.0 Å². The molecule has 0 radical (unpaired) electrons. The van der Waals surface area contributed by atoms with E-state index >= 15 is 0 Å². The van der Waals surface area contributed by atoms with Gasteiger partial charge in [-0.05, 0) is 44.4 Å². The van der Waals surface area contributed by atoms with Crippen molar-refractivity contribution in [2.75, 3.05) is 7.11 Å². The second-order valence-electron chi connectivity index (χ2n) is 6.46. The van der Waals surface area contributed by atoms with Gasteiger partial charge in [-0.3, -0.25) is 10.1 Å². The van der Waals surface area contributed by atoms with Crippen LogP contribution in [0.1, 0.15) is 66.2 Å². The normalized spacial score (nSPS) is 29.9. The molecular formula is C16H31NO2. The fourth-order valence-electron chi connectivity index (χ4n) is 3.21. The Balaban J connectivity index is 2.82. The van der Waals surface area contributed by atoms with E-state index in [1.54, 1.807) is 0 Å². The van der Waals surface area contributed by atoms with Gasteiger partial charge in [0.05, 0.1) is 7.11 Å². The molecule has 0 amide bonds. The Kier molecular flexibility index (Phi) is 6.31. The Morgan fingerprint density at radius 1 is 1.32 bits per heavy atom. The lowest BCUT2D eigenvalue weighted by molar-refractivity contribution is -0.149. The van der Waals surface area contributed by atoms with E-state index in [0.29, 0.717) is 12.0 Å². The molecule has 3 heteroatoms. The van der Waals surface area contributed by atoms with Crippen LogP contribution in [0.25, 0.3) is 0 Å². The summed E-state index contributed by atoms with van der Waals surface area (Å²) in [6, 6.07) is 0.356. The summed E-state index contributed by atoms with van der Waals surface area (Å²) < 4.78 is 5.09. The van der Waals surface area contributed by atoms with Crippen LogP contribution >= 0.6 is 0 Å². The average molecular weight is 269 g/mol. The fourth-order valence-corrected chi connectivity index (χ4v) is 3.21. The molecule has 19 heavy (non-hydrogen) atoms. The lowest BCUT2D eigenvalue weighted by atomic mass is 9.86. The predicted molar refractivity (Wildman–Crippen MR) is 79.0 cm³/mol. The number of hydrogen-bond acceptors (Lipinski definition) is 3. The van der Waals surface area contributed by atoms with Crippen molar-refractivity contribution in [1.82, 2.24) is 5.32 Å². The Morgan fingerprint density at radius 2 is 2.00 bits per heavy atom. The van der Waals surface area contributed by atoms with Crippen LogP contribution < -0.4 is 5.32 Å². The lowest BCUT2D eigenvalue weighted by Gasteiger charge is -2.34. The largest absolute Gasteiger partial charge is 0.468 e. The fraction of sp³-hybridized carbons (Fsp3) is 0.938. The quantitative estimate of drug-likeness (QED) is 0.613. The summed E-state index contributed by atoms with van der Waals surface area (Å²) in [5.74, 6) is 1.37. The smallest absolute Gasteiger partial charge is 0.326 e. The summed E-state index contributed by atoms with van der Waals surface area (Å²) in [5, 5.41) is 3.56. The van der Waals surface area contributed by atoms with Crippen LogP contribution in [-0.2, 0) is 9.53 Å². The van der Waals surface area contributed by atoms with Gasteiger partial charge in [0.1, 0.15) is 5.54 Å². The molecule has 1 rings (SSSR count). The minimum atomic E-state index is -0.451. The van der Waals surface area contributed by atoms with Gasteiger partial charge in [0, 0.05) is 6.04 Å². The summed E-state index contributed by atoms with van der Waals surface area (Å²) in [4.78, 5) is 12.3. The van der Waals surface area contributed by atoms with E-state index in [1.807, 2.05) is 0 Å². The van der Waals surface area contributed by atoms with E-state index < -0.39 is 5.54 Å². The summed E-state index contributed by atoms with van der Waals surface area (Å²) in [6.07, 6.45) is 6.32. The number of hydrogen-bond donors (Lipinski definition) is 1. The molecule has 0 bridgehead atoms. The molecule has 3 atom stereocenters. The van der Waals surface area contributed by atoms with E-state index in [0.717, 1.165) is 38.0 Å². The van der Waals surface area contributed by atoms with E-state index in [-0.39, 0.29) is 5.97 Å². The monoisotopic (exact) mass is 269 g/mol. The molecule has 0 heterocycles. The molecule has 1 N–H and O–H groups in total. The molecule has 0 spiro atoms. The Morgan fingerprint density at radius 3 is 2.53 bits per heavy atom. The Hall–Kier alpha value is -0.570. The maximum Gasteiger partial charge on any atom is 0.326 e. The van der Waals surface area contributed by atoms with Crippen molar-refractivity contribution in [1.29, 1.82) is 0 Å². The van der Waals surface area contributed by atoms with Crippen LogP contribution in [0.4, 0.5) is 0 Å². The van der Waals surface area contributed by atoms with Gasteiger partial charge in [0.25, 0.3) is 0 Å². The number of nitrogens with one attached hydrogen (secondary N) is 1. The summed E-state index contributed by atoms with van der Waals surface area (Å²) in [5.41, 5.74) is -0.451. The van der Waals surface area contributed by atoms with Crippen LogP contribution in [-0.4, -0.2) is 24.7 Å². The second-order valence-corrected chi connectivity index (χ2v) is 6.46. The van der Waals surface area contributed by atoms with Crippen molar-refractivity contribution in [3.8, 4) is 0 Å². The molecular weight excluding hydrogens is 238 g/mol. The summed E-state index contributed by atoms with van der Waals surface area (Å²) in [6.45, 7) is 8.88. The topological polar surface area (TPSA) is 38.3 Å². The Labute approximate surface area is 118 Å². The van der Waals surface area contributed by atoms with E-state index in [9.17, 15) is 4.79 Å². The minimum absolute atomic E-state index is 0.0720. The first kappa shape index (κ1) is 16.5. The van der Waals surface area contributed by atoms with Gasteiger partial charge >= 0.3 is 5.97 Å². The van der Waals surface area contributed by atoms with Crippen LogP contribution in [0.3, 0.4) is 0 Å². The molecule has 0 aromatic heterocycles. The third kappa shape index (κ3) is 4.20. The number of carbonyl (C=O) groups excluding carboxylic acids is 1. The molecule has 1 aliphatic carbocycles. The highest BCUT2D eigenvalue weighted by atomic mass is 16.5. The standard InChI is InChI=1S/C16H31NO2/c1-6-13(4)17-16(15(18)19-5)10-7-8-14(9-11-16)12(2)3/h12-14,17H,6-11H2,1-5H3. The van der Waals surface area contributed by atoms with Crippen LogP contribution in [0, 0.1) is 11.8 Å². The zero-order valence-corrected chi connectivity index (χ0v) is 13.3. The summed E-state index contributed by atoms with van der Waals surface area (Å²) >= 11 is 0. The van der Waals surface area contributed by atoms with Gasteiger partial charge in [-0.2, -0.15) is 0 Å². The van der Waals surface area contributed by atoms with Gasteiger partial charge in [-0.25, -0.2) is 0 Å². The predicted octanol–water partition coefficient (Wildman–Crippen LogP) is 3.52. The highest BCUT2D eigenvalue weighted by Gasteiger charge is 2.41. The van der Waals surface area contributed by atoms with E-state index in [1.165, 1.54) is 13.5 Å². The first-order valence-electron chi connectivity index (χ1n) is 7.81. The average Bonchev–Trinajstić information content (AvgIpc) is 2.61. The molecule has 0 saturated heterocycles. The zero-order chi connectivity index (χ0) is 14.5. The second kappa shape index (κ2) is 7.28. The van der Waals surface area contributed by atoms with Gasteiger partial charge in [-0.15, -0.1) is 0 Å². The summed E-state index contributed by atoms with van der Waals surface area (Å²) in [7, 11) is 1.51. The highest BCUT2D eigenvalue weighted by Crippen LogP contribution is 2.35. The van der Waals surface area contributed by atoms with Gasteiger partial charge in [0.2, 0.25) is 0 Å². The molecule has 1 fully saturated rings. The maximum atomic E-state index is 12.3. The number of rotatable bonds is 5. The molecule has 0 aliphatic heterocycles. The first-order chi connectivity index (χ1) is 8.95. The third-order valence-electron chi connectivity index (χ3n) is 4.77. The third-order valence-corrected chi connectivity index (χ3v) is 4.77. The van der Waals surface area contributed by atoms with Crippen molar-refractivity contribution < 1.29 is 9.53 Å². The van der Waals surface area contributed by atoms with Crippen molar-refractivity contribution >= 4 is 5.97 Å². The van der Waals surface area contributed by atoms with Crippen molar-refractivity contribution in [2.24, 2.45) is 11.8 Å². The number of carbonyl (C=O) groups is 1. The van der Waals surface area contributed by atoms with Crippen molar-refractivity contribution in [3.63, 3.8) is 0 Å². The molecule has 0 aromatic rings. The van der Waals surface area contributed by atoms with Gasteiger partial charge in [-0.1, -0.05) is 33.6 Å². The molecule has 0 aromatic carbocycles. The number of methoxy groups -OCH3 is 1. The lowest BCUT2D eigenvalue weighted by Crippen LogP contribution is -2.55. The zero-order valence-electron chi connectivity index (χ0n) is 13.3. The van der Waals surface area contributed by atoms with Gasteiger partial charge in [0.15, 0.2) is 0 Å². The minimum Gasteiger partial charge on any atom is -0.468 e.